The number of aromatic nitrogens is 2. The van der Waals surface area contributed by atoms with Crippen LogP contribution in [0, 0.1) is 5.92 Å². The van der Waals surface area contributed by atoms with E-state index in [4.69, 9.17) is 16.7 Å². The molecule has 14 heteroatoms. The molecule has 0 saturated heterocycles. The topological polar surface area (TPSA) is 107 Å². The number of amides is 1. The highest BCUT2D eigenvalue weighted by Crippen LogP contribution is 2.40. The van der Waals surface area contributed by atoms with E-state index in [0.29, 0.717) is 0 Å². The van der Waals surface area contributed by atoms with Crippen molar-refractivity contribution in [2.75, 3.05) is 5.32 Å². The van der Waals surface area contributed by atoms with E-state index >= 15 is 0 Å². The van der Waals surface area contributed by atoms with Crippen LogP contribution in [-0.4, -0.2) is 30.0 Å². The van der Waals surface area contributed by atoms with Crippen molar-refractivity contribution in [3.8, 4) is 0 Å². The fourth-order valence-electron chi connectivity index (χ4n) is 3.52. The van der Waals surface area contributed by atoms with E-state index in [2.05, 4.69) is 10.4 Å². The van der Waals surface area contributed by atoms with Crippen LogP contribution >= 0.6 is 11.6 Å². The molecule has 3 rings (SSSR count). The lowest BCUT2D eigenvalue weighted by Crippen LogP contribution is -2.29. The number of benzene rings is 1. The van der Waals surface area contributed by atoms with E-state index < -0.39 is 63.2 Å². The summed E-state index contributed by atoms with van der Waals surface area (Å²) in [4.78, 5) is 12.4. The van der Waals surface area contributed by atoms with Gasteiger partial charge in [0.15, 0.2) is 5.15 Å². The van der Waals surface area contributed by atoms with Crippen LogP contribution in [0.15, 0.2) is 29.2 Å². The van der Waals surface area contributed by atoms with Crippen LogP contribution in [0.4, 0.5) is 27.6 Å². The largest absolute Gasteiger partial charge is 0.421 e. The first-order valence-corrected chi connectivity index (χ1v) is 11.3. The summed E-state index contributed by atoms with van der Waals surface area (Å²) in [7, 11) is -4.12. The summed E-state index contributed by atoms with van der Waals surface area (Å²) in [5, 5.41) is 9.88. The summed E-state index contributed by atoms with van der Waals surface area (Å²) in [6.07, 6.45) is -5.77. The predicted octanol–water partition coefficient (Wildman–Crippen LogP) is 4.28. The van der Waals surface area contributed by atoms with Crippen molar-refractivity contribution in [2.45, 2.75) is 49.2 Å². The van der Waals surface area contributed by atoms with Gasteiger partial charge in [-0.3, -0.25) is 9.48 Å². The summed E-state index contributed by atoms with van der Waals surface area (Å²) >= 11 is 5.68. The molecule has 0 radical (unpaired) electrons. The molecule has 1 aliphatic carbocycles. The average Bonchev–Trinajstić information content (AvgIpc) is 2.99. The SMILES string of the molecule is NS(=O)(=O)c1cccc(NC(=O)c2c(C(F)(F)F)c(Cl)nn2CC2CCC(F)(F)CC2)c1. The summed E-state index contributed by atoms with van der Waals surface area (Å²) < 4.78 is 91.4. The van der Waals surface area contributed by atoms with Gasteiger partial charge < -0.3 is 5.32 Å². The van der Waals surface area contributed by atoms with Gasteiger partial charge in [-0.15, -0.1) is 0 Å². The molecule has 1 saturated carbocycles. The Kier molecular flexibility index (Phi) is 6.55. The summed E-state index contributed by atoms with van der Waals surface area (Å²) in [5.74, 6) is -4.50. The van der Waals surface area contributed by atoms with Gasteiger partial charge in [0.2, 0.25) is 15.9 Å². The number of nitrogens with zero attached hydrogens (tertiary/aromatic N) is 2. The first-order chi connectivity index (χ1) is 14.7. The molecule has 0 atom stereocenters. The minimum atomic E-state index is -5.02. The smallest absolute Gasteiger partial charge is 0.321 e. The molecule has 1 heterocycles. The zero-order valence-electron chi connectivity index (χ0n) is 16.3. The number of hydrogen-bond donors (Lipinski definition) is 2. The number of anilines is 1. The minimum Gasteiger partial charge on any atom is -0.321 e. The van der Waals surface area contributed by atoms with Crippen LogP contribution in [0.3, 0.4) is 0 Å². The second-order valence-electron chi connectivity index (χ2n) is 7.52. The summed E-state index contributed by atoms with van der Waals surface area (Å²) in [5.41, 5.74) is -2.50. The molecule has 32 heavy (non-hydrogen) atoms. The zero-order valence-corrected chi connectivity index (χ0v) is 17.9. The molecule has 7 nitrogen and oxygen atoms in total. The number of nitrogens with two attached hydrogens (primary N) is 1. The Hall–Kier alpha value is -2.25. The number of sulfonamides is 1. The van der Waals surface area contributed by atoms with Gasteiger partial charge in [0.1, 0.15) is 11.3 Å². The molecule has 0 bridgehead atoms. The normalized spacial score (nSPS) is 17.3. The molecule has 1 aliphatic rings. The Balaban J connectivity index is 1.94. The van der Waals surface area contributed by atoms with Crippen LogP contribution < -0.4 is 10.5 Å². The maximum Gasteiger partial charge on any atom is 0.421 e. The van der Waals surface area contributed by atoms with Crippen molar-refractivity contribution in [1.82, 2.24) is 9.78 Å². The Morgan fingerprint density at radius 1 is 1.28 bits per heavy atom. The molecule has 176 valence electrons. The first-order valence-electron chi connectivity index (χ1n) is 9.33. The molecular formula is C18H18ClF5N4O3S. The Labute approximate surface area is 184 Å². The molecule has 0 unspecified atom stereocenters. The number of nitrogens with one attached hydrogen (secondary N) is 1. The van der Waals surface area contributed by atoms with Crippen LogP contribution in [0.25, 0.3) is 0 Å². The van der Waals surface area contributed by atoms with Crippen molar-refractivity contribution in [3.05, 3.63) is 40.7 Å². The van der Waals surface area contributed by atoms with Crippen LogP contribution in [0.5, 0.6) is 0 Å². The van der Waals surface area contributed by atoms with E-state index in [1.807, 2.05) is 0 Å². The highest BCUT2D eigenvalue weighted by Gasteiger charge is 2.43. The van der Waals surface area contributed by atoms with Gasteiger partial charge in [-0.05, 0) is 37.0 Å². The highest BCUT2D eigenvalue weighted by atomic mass is 35.5. The quantitative estimate of drug-likeness (QED) is 0.597. The van der Waals surface area contributed by atoms with Gasteiger partial charge in [-0.1, -0.05) is 17.7 Å². The number of rotatable bonds is 5. The number of halogens is 6. The predicted molar refractivity (Wildman–Crippen MR) is 105 cm³/mol. The van der Waals surface area contributed by atoms with Crippen molar-refractivity contribution in [3.63, 3.8) is 0 Å². The van der Waals surface area contributed by atoms with Gasteiger partial charge in [-0.2, -0.15) is 18.3 Å². The summed E-state index contributed by atoms with van der Waals surface area (Å²) in [6.45, 7) is -0.216. The average molecular weight is 501 g/mol. The second kappa shape index (κ2) is 8.60. The molecule has 1 aromatic heterocycles. The van der Waals surface area contributed by atoms with Crippen molar-refractivity contribution >= 4 is 33.2 Å². The summed E-state index contributed by atoms with van der Waals surface area (Å²) in [6, 6.07) is 4.62. The Morgan fingerprint density at radius 3 is 2.47 bits per heavy atom. The molecule has 0 aliphatic heterocycles. The van der Waals surface area contributed by atoms with E-state index in [9.17, 15) is 35.2 Å². The van der Waals surface area contributed by atoms with Gasteiger partial charge in [0, 0.05) is 25.1 Å². The number of carbonyl (C=O) groups excluding carboxylic acids is 1. The Morgan fingerprint density at radius 2 is 1.91 bits per heavy atom. The van der Waals surface area contributed by atoms with Crippen molar-refractivity contribution in [2.24, 2.45) is 11.1 Å². The van der Waals surface area contributed by atoms with Crippen molar-refractivity contribution < 1.29 is 35.2 Å². The van der Waals surface area contributed by atoms with E-state index in [0.717, 1.165) is 16.8 Å². The first kappa shape index (κ1) is 24.4. The standard InChI is InChI=1S/C18H18ClF5N4O3S/c19-15-13(18(22,23)24)14(28(27-15)9-10-4-6-17(20,21)7-5-10)16(29)26-11-2-1-3-12(8-11)32(25,30)31/h1-3,8,10H,4-7,9H2,(H,26,29)(H2,25,30,31). The molecular weight excluding hydrogens is 483 g/mol. The van der Waals surface area contributed by atoms with Crippen LogP contribution in [0.1, 0.15) is 41.7 Å². The second-order valence-corrected chi connectivity index (χ2v) is 9.44. The van der Waals surface area contributed by atoms with Gasteiger partial charge in [0.25, 0.3) is 5.91 Å². The third-order valence-corrected chi connectivity index (χ3v) is 6.27. The van der Waals surface area contributed by atoms with E-state index in [1.165, 1.54) is 12.1 Å². The molecule has 2 aromatic rings. The van der Waals surface area contributed by atoms with Crippen LogP contribution in [0.2, 0.25) is 5.15 Å². The van der Waals surface area contributed by atoms with E-state index in [1.54, 1.807) is 0 Å². The Bertz CT molecular complexity index is 1120. The highest BCUT2D eigenvalue weighted by molar-refractivity contribution is 7.89. The fourth-order valence-corrected chi connectivity index (χ4v) is 4.36. The maximum atomic E-state index is 13.6. The minimum absolute atomic E-state index is 0.0449. The third-order valence-electron chi connectivity index (χ3n) is 5.10. The lowest BCUT2D eigenvalue weighted by atomic mass is 9.87. The molecule has 1 amide bonds. The third kappa shape index (κ3) is 5.56. The fraction of sp³-hybridized carbons (Fsp3) is 0.444. The number of primary sulfonamides is 1. The number of hydrogen-bond acceptors (Lipinski definition) is 4. The van der Waals surface area contributed by atoms with Crippen LogP contribution in [-0.2, 0) is 22.7 Å². The molecule has 0 spiro atoms. The lowest BCUT2D eigenvalue weighted by molar-refractivity contribution is -0.137. The number of alkyl halides is 5. The lowest BCUT2D eigenvalue weighted by Gasteiger charge is -2.28. The number of carbonyl (C=O) groups is 1. The molecule has 1 fully saturated rings. The van der Waals surface area contributed by atoms with Gasteiger partial charge >= 0.3 is 6.18 Å². The van der Waals surface area contributed by atoms with Crippen molar-refractivity contribution in [1.29, 1.82) is 0 Å². The molecule has 3 N–H and O–H groups in total. The molecule has 1 aromatic carbocycles. The van der Waals surface area contributed by atoms with E-state index in [-0.39, 0.29) is 30.0 Å². The maximum absolute atomic E-state index is 13.6. The zero-order chi connectivity index (χ0) is 23.9. The monoisotopic (exact) mass is 500 g/mol. The van der Waals surface area contributed by atoms with Gasteiger partial charge in [-0.25, -0.2) is 22.3 Å². The van der Waals surface area contributed by atoms with Gasteiger partial charge in [0.05, 0.1) is 4.90 Å².